The fourth-order valence-electron chi connectivity index (χ4n) is 2.66. The molecule has 0 bridgehead atoms. The Balaban J connectivity index is 2.21. The van der Waals surface area contributed by atoms with Crippen molar-refractivity contribution in [3.05, 3.63) is 47.0 Å². The van der Waals surface area contributed by atoms with Crippen LogP contribution in [0.15, 0.2) is 35.7 Å². The van der Waals surface area contributed by atoms with Gasteiger partial charge in [-0.3, -0.25) is 14.5 Å². The molecule has 1 aromatic carbocycles. The van der Waals surface area contributed by atoms with Gasteiger partial charge in [0, 0.05) is 24.4 Å². The summed E-state index contributed by atoms with van der Waals surface area (Å²) in [5.74, 6) is -0.734. The minimum Gasteiger partial charge on any atom is -0.350 e. The predicted octanol–water partition coefficient (Wildman–Crippen LogP) is 5.16. The van der Waals surface area contributed by atoms with Gasteiger partial charge in [0.2, 0.25) is 11.8 Å². The topological polar surface area (TPSA) is 62.3 Å². The van der Waals surface area contributed by atoms with Gasteiger partial charge >= 0.3 is 6.18 Å². The third-order valence-electron chi connectivity index (χ3n) is 3.96. The van der Waals surface area contributed by atoms with E-state index in [1.54, 1.807) is 5.38 Å². The molecule has 0 aliphatic carbocycles. The van der Waals surface area contributed by atoms with Crippen molar-refractivity contribution in [1.29, 1.82) is 0 Å². The highest BCUT2D eigenvalue weighted by atomic mass is 32.1. The molecule has 0 aliphatic heterocycles. The number of nitrogens with zero attached hydrogens (tertiary/aromatic N) is 2. The number of carbonyl (C=O) groups is 2. The molecule has 2 aromatic rings. The zero-order valence-electron chi connectivity index (χ0n) is 16.3. The fraction of sp³-hybridized carbons (Fsp3) is 0.350. The quantitative estimate of drug-likeness (QED) is 0.623. The smallest absolute Gasteiger partial charge is 0.350 e. The molecule has 1 unspecified atom stereocenters. The standard InChI is InChI=1S/C20H22F3N3O2S/c1-4-6-13(2)24-18(28)10-9-16-12-29-19(25-16)26(14(3)27)17-8-5-7-15(11-17)20(21,22)23/h5,7-13H,4,6H2,1-3H3,(H,24,28). The number of thiazole rings is 1. The molecule has 5 nitrogen and oxygen atoms in total. The van der Waals surface area contributed by atoms with Gasteiger partial charge in [-0.1, -0.05) is 19.4 Å². The van der Waals surface area contributed by atoms with Gasteiger partial charge in [-0.2, -0.15) is 13.2 Å². The summed E-state index contributed by atoms with van der Waals surface area (Å²) in [6.07, 6.45) is 0.144. The van der Waals surface area contributed by atoms with Gasteiger partial charge in [0.25, 0.3) is 0 Å². The molecule has 2 amide bonds. The SMILES string of the molecule is CCCC(C)NC(=O)C=Cc1csc(N(C(C)=O)c2cccc(C(F)(F)F)c2)n1. The third-order valence-corrected chi connectivity index (χ3v) is 4.81. The van der Waals surface area contributed by atoms with Crippen molar-refractivity contribution in [1.82, 2.24) is 10.3 Å². The van der Waals surface area contributed by atoms with E-state index in [1.165, 1.54) is 31.2 Å². The number of amides is 2. The summed E-state index contributed by atoms with van der Waals surface area (Å²) in [4.78, 5) is 29.4. The molecular formula is C20H22F3N3O2S. The Hall–Kier alpha value is -2.68. The predicted molar refractivity (Wildman–Crippen MR) is 108 cm³/mol. The normalized spacial score (nSPS) is 12.8. The number of rotatable bonds is 7. The Bertz CT molecular complexity index is 893. The van der Waals surface area contributed by atoms with Gasteiger partial charge in [-0.05, 0) is 37.6 Å². The molecule has 1 atom stereocenters. The first kappa shape index (κ1) is 22.6. The van der Waals surface area contributed by atoms with Crippen LogP contribution in [0.25, 0.3) is 6.08 Å². The van der Waals surface area contributed by atoms with E-state index in [-0.39, 0.29) is 22.8 Å². The minimum absolute atomic E-state index is 0.0530. The Labute approximate surface area is 171 Å². The molecule has 2 rings (SSSR count). The molecule has 29 heavy (non-hydrogen) atoms. The monoisotopic (exact) mass is 425 g/mol. The van der Waals surface area contributed by atoms with Crippen LogP contribution in [0, 0.1) is 0 Å². The van der Waals surface area contributed by atoms with Crippen LogP contribution in [-0.4, -0.2) is 22.8 Å². The minimum atomic E-state index is -4.52. The van der Waals surface area contributed by atoms with E-state index in [1.807, 2.05) is 13.8 Å². The Morgan fingerprint density at radius 2 is 2.07 bits per heavy atom. The van der Waals surface area contributed by atoms with E-state index >= 15 is 0 Å². The number of nitrogens with one attached hydrogen (secondary N) is 1. The van der Waals surface area contributed by atoms with Gasteiger partial charge in [0.05, 0.1) is 16.9 Å². The fourth-order valence-corrected chi connectivity index (χ4v) is 3.52. The van der Waals surface area contributed by atoms with Crippen LogP contribution in [0.2, 0.25) is 0 Å². The highest BCUT2D eigenvalue weighted by Gasteiger charge is 2.31. The van der Waals surface area contributed by atoms with E-state index in [0.29, 0.717) is 5.69 Å². The molecule has 1 aromatic heterocycles. The van der Waals surface area contributed by atoms with Crippen LogP contribution < -0.4 is 10.2 Å². The number of hydrogen-bond acceptors (Lipinski definition) is 4. The molecule has 1 N–H and O–H groups in total. The van der Waals surface area contributed by atoms with Crippen molar-refractivity contribution in [2.24, 2.45) is 0 Å². The first-order valence-corrected chi connectivity index (χ1v) is 9.91. The van der Waals surface area contributed by atoms with E-state index in [4.69, 9.17) is 0 Å². The van der Waals surface area contributed by atoms with Crippen molar-refractivity contribution in [3.63, 3.8) is 0 Å². The third kappa shape index (κ3) is 6.42. The number of hydrogen-bond donors (Lipinski definition) is 1. The summed E-state index contributed by atoms with van der Waals surface area (Å²) in [7, 11) is 0. The Kier molecular flexibility index (Phi) is 7.55. The number of halogens is 3. The van der Waals surface area contributed by atoms with Crippen LogP contribution in [0.5, 0.6) is 0 Å². The van der Waals surface area contributed by atoms with Crippen molar-refractivity contribution in [2.45, 2.75) is 45.8 Å². The number of anilines is 2. The average Bonchev–Trinajstić information content (AvgIpc) is 3.08. The summed E-state index contributed by atoms with van der Waals surface area (Å²) in [5.41, 5.74) is -0.347. The molecule has 0 saturated heterocycles. The zero-order valence-corrected chi connectivity index (χ0v) is 17.1. The lowest BCUT2D eigenvalue weighted by Crippen LogP contribution is -2.30. The highest BCUT2D eigenvalue weighted by Crippen LogP contribution is 2.35. The first-order chi connectivity index (χ1) is 13.6. The number of carbonyl (C=O) groups excluding carboxylic acids is 2. The van der Waals surface area contributed by atoms with Gasteiger partial charge < -0.3 is 5.32 Å². The summed E-state index contributed by atoms with van der Waals surface area (Å²) < 4.78 is 39.0. The van der Waals surface area contributed by atoms with Crippen LogP contribution in [0.4, 0.5) is 24.0 Å². The molecule has 0 fully saturated rings. The lowest BCUT2D eigenvalue weighted by atomic mass is 10.2. The van der Waals surface area contributed by atoms with E-state index < -0.39 is 17.6 Å². The molecule has 0 spiro atoms. The number of benzene rings is 1. The zero-order chi connectivity index (χ0) is 21.6. The Morgan fingerprint density at radius 3 is 2.69 bits per heavy atom. The lowest BCUT2D eigenvalue weighted by molar-refractivity contribution is -0.137. The summed E-state index contributed by atoms with van der Waals surface area (Å²) >= 11 is 1.10. The van der Waals surface area contributed by atoms with Crippen molar-refractivity contribution >= 4 is 40.0 Å². The van der Waals surface area contributed by atoms with E-state index in [9.17, 15) is 22.8 Å². The largest absolute Gasteiger partial charge is 0.416 e. The molecule has 1 heterocycles. The highest BCUT2D eigenvalue weighted by molar-refractivity contribution is 7.14. The number of alkyl halides is 3. The second-order valence-electron chi connectivity index (χ2n) is 6.49. The van der Waals surface area contributed by atoms with Crippen LogP contribution >= 0.6 is 11.3 Å². The molecule has 9 heteroatoms. The van der Waals surface area contributed by atoms with Gasteiger partial charge in [0.1, 0.15) is 0 Å². The van der Waals surface area contributed by atoms with Crippen molar-refractivity contribution in [3.8, 4) is 0 Å². The molecule has 0 radical (unpaired) electrons. The second kappa shape index (κ2) is 9.69. The first-order valence-electron chi connectivity index (χ1n) is 9.04. The van der Waals surface area contributed by atoms with Crippen LogP contribution in [0.1, 0.15) is 44.9 Å². The molecular weight excluding hydrogens is 403 g/mol. The lowest BCUT2D eigenvalue weighted by Gasteiger charge is -2.19. The summed E-state index contributed by atoms with van der Waals surface area (Å²) in [6.45, 7) is 5.19. The van der Waals surface area contributed by atoms with Crippen LogP contribution in [-0.2, 0) is 15.8 Å². The molecule has 156 valence electrons. The summed E-state index contributed by atoms with van der Waals surface area (Å²) in [5, 5.41) is 4.67. The Morgan fingerprint density at radius 1 is 1.34 bits per heavy atom. The summed E-state index contributed by atoms with van der Waals surface area (Å²) in [6, 6.07) is 4.55. The van der Waals surface area contributed by atoms with E-state index in [0.717, 1.165) is 41.2 Å². The van der Waals surface area contributed by atoms with Gasteiger partial charge in [-0.25, -0.2) is 4.98 Å². The van der Waals surface area contributed by atoms with E-state index in [2.05, 4.69) is 10.3 Å². The molecule has 0 aliphatic rings. The number of aromatic nitrogens is 1. The van der Waals surface area contributed by atoms with Crippen molar-refractivity contribution in [2.75, 3.05) is 4.90 Å². The van der Waals surface area contributed by atoms with Gasteiger partial charge in [-0.15, -0.1) is 11.3 Å². The van der Waals surface area contributed by atoms with Gasteiger partial charge in [0.15, 0.2) is 5.13 Å². The maximum atomic E-state index is 13.0. The second-order valence-corrected chi connectivity index (χ2v) is 7.33. The van der Waals surface area contributed by atoms with Crippen LogP contribution in [0.3, 0.4) is 0 Å². The maximum absolute atomic E-state index is 13.0. The maximum Gasteiger partial charge on any atom is 0.416 e. The molecule has 0 saturated carbocycles. The van der Waals surface area contributed by atoms with Crippen molar-refractivity contribution < 1.29 is 22.8 Å². The average molecular weight is 425 g/mol.